The second-order valence-electron chi connectivity index (χ2n) is 5.52. The number of Topliss-reactive ketones (excluding diaryl/α,β-unsaturated/α-hetero) is 1. The van der Waals surface area contributed by atoms with E-state index in [-0.39, 0.29) is 5.78 Å². The Morgan fingerprint density at radius 1 is 1.36 bits per heavy atom. The average molecular weight is 394 g/mol. The number of benzene rings is 1. The molecule has 4 nitrogen and oxygen atoms in total. The summed E-state index contributed by atoms with van der Waals surface area (Å²) in [7, 11) is 1.33. The number of methoxy groups -OCH3 is 1. The van der Waals surface area contributed by atoms with Crippen LogP contribution >= 0.6 is 34.7 Å². The summed E-state index contributed by atoms with van der Waals surface area (Å²) in [5.41, 5.74) is 4.15. The van der Waals surface area contributed by atoms with E-state index in [4.69, 9.17) is 16.3 Å². The molecule has 0 bridgehead atoms. The monoisotopic (exact) mass is 393 g/mol. The molecule has 2 heterocycles. The minimum atomic E-state index is -0.475. The van der Waals surface area contributed by atoms with E-state index in [1.807, 2.05) is 24.5 Å². The quantitative estimate of drug-likeness (QED) is 0.465. The van der Waals surface area contributed by atoms with Gasteiger partial charge in [-0.25, -0.2) is 4.79 Å². The maximum Gasteiger partial charge on any atom is 0.355 e. The van der Waals surface area contributed by atoms with Gasteiger partial charge in [-0.3, -0.25) is 4.79 Å². The predicted octanol–water partition coefficient (Wildman–Crippen LogP) is 5.40. The predicted molar refractivity (Wildman–Crippen MR) is 105 cm³/mol. The Bertz CT molecular complexity index is 974. The minimum Gasteiger partial charge on any atom is -0.464 e. The number of hydrogen-bond donors (Lipinski definition) is 1. The van der Waals surface area contributed by atoms with Crippen molar-refractivity contribution in [2.75, 3.05) is 13.4 Å². The molecule has 0 amide bonds. The first-order valence-corrected chi connectivity index (χ1v) is 10.1. The lowest BCUT2D eigenvalue weighted by atomic mass is 10.0. The summed E-state index contributed by atoms with van der Waals surface area (Å²) < 4.78 is 5.75. The maximum absolute atomic E-state index is 12.2. The van der Waals surface area contributed by atoms with E-state index in [0.717, 1.165) is 27.1 Å². The van der Waals surface area contributed by atoms with Crippen LogP contribution in [-0.2, 0) is 10.5 Å². The molecule has 0 saturated carbocycles. The minimum absolute atomic E-state index is 0.0520. The van der Waals surface area contributed by atoms with Crippen molar-refractivity contribution in [3.8, 4) is 11.1 Å². The molecular formula is C18H16ClNO3S2. The standard InChI is InChI=1S/C18H16ClNO3S2/c1-9(21)12-8-25-17-14(16(18(22)23-2)20-15(12)17)10-4-5-11(7-24-3)13(19)6-10/h4-6,8,20H,7H2,1-3H3. The number of carbonyl (C=O) groups excluding carboxylic acids is 2. The summed E-state index contributed by atoms with van der Waals surface area (Å²) in [6.45, 7) is 1.51. The first-order valence-electron chi connectivity index (χ1n) is 7.48. The van der Waals surface area contributed by atoms with Crippen LogP contribution in [0.3, 0.4) is 0 Å². The Hall–Kier alpha value is -1.76. The van der Waals surface area contributed by atoms with Gasteiger partial charge in [0, 0.05) is 21.7 Å². The largest absolute Gasteiger partial charge is 0.464 e. The average Bonchev–Trinajstić information content (AvgIpc) is 3.14. The van der Waals surface area contributed by atoms with E-state index in [0.29, 0.717) is 21.8 Å². The Morgan fingerprint density at radius 3 is 2.72 bits per heavy atom. The SMILES string of the molecule is COC(=O)c1[nH]c2c(C(C)=O)csc2c1-c1ccc(CSC)c(Cl)c1. The molecule has 0 fully saturated rings. The number of carbonyl (C=O) groups is 2. The van der Waals surface area contributed by atoms with Gasteiger partial charge < -0.3 is 9.72 Å². The molecule has 0 atom stereocenters. The van der Waals surface area contributed by atoms with E-state index < -0.39 is 5.97 Å². The lowest BCUT2D eigenvalue weighted by Crippen LogP contribution is -2.03. The molecule has 0 aliphatic carbocycles. The van der Waals surface area contributed by atoms with Gasteiger partial charge in [0.1, 0.15) is 5.69 Å². The third-order valence-electron chi connectivity index (χ3n) is 3.93. The number of fused-ring (bicyclic) bond motifs is 1. The van der Waals surface area contributed by atoms with Gasteiger partial charge in [-0.2, -0.15) is 11.8 Å². The van der Waals surface area contributed by atoms with Gasteiger partial charge in [-0.05, 0) is 30.4 Å². The number of rotatable bonds is 5. The van der Waals surface area contributed by atoms with E-state index >= 15 is 0 Å². The van der Waals surface area contributed by atoms with Crippen LogP contribution < -0.4 is 0 Å². The molecular weight excluding hydrogens is 378 g/mol. The first-order chi connectivity index (χ1) is 12.0. The van der Waals surface area contributed by atoms with E-state index in [2.05, 4.69) is 4.98 Å². The molecule has 3 rings (SSSR count). The number of ether oxygens (including phenoxy) is 1. The number of aromatic nitrogens is 1. The third kappa shape index (κ3) is 3.21. The van der Waals surface area contributed by atoms with Gasteiger partial charge in [0.2, 0.25) is 0 Å². The molecule has 0 aliphatic heterocycles. The van der Waals surface area contributed by atoms with Gasteiger partial charge in [-0.1, -0.05) is 23.7 Å². The molecule has 130 valence electrons. The number of halogens is 1. The highest BCUT2D eigenvalue weighted by atomic mass is 35.5. The van der Waals surface area contributed by atoms with Crippen molar-refractivity contribution in [1.82, 2.24) is 4.98 Å². The first kappa shape index (κ1) is 18.0. The van der Waals surface area contributed by atoms with Crippen LogP contribution in [-0.4, -0.2) is 30.1 Å². The number of thioether (sulfide) groups is 1. The summed E-state index contributed by atoms with van der Waals surface area (Å²) in [5.74, 6) is 0.292. The second-order valence-corrected chi connectivity index (χ2v) is 7.67. The number of hydrogen-bond acceptors (Lipinski definition) is 5. The highest BCUT2D eigenvalue weighted by molar-refractivity contribution is 7.97. The summed E-state index contributed by atoms with van der Waals surface area (Å²) in [4.78, 5) is 27.1. The Morgan fingerprint density at radius 2 is 2.12 bits per heavy atom. The van der Waals surface area contributed by atoms with Crippen molar-refractivity contribution in [3.63, 3.8) is 0 Å². The van der Waals surface area contributed by atoms with Crippen molar-refractivity contribution >= 4 is 56.7 Å². The fourth-order valence-electron chi connectivity index (χ4n) is 2.73. The zero-order chi connectivity index (χ0) is 18.1. The molecule has 0 radical (unpaired) electrons. The fourth-order valence-corrected chi connectivity index (χ4v) is 4.76. The van der Waals surface area contributed by atoms with Gasteiger partial charge in [-0.15, -0.1) is 11.3 Å². The Kier molecular flexibility index (Phi) is 5.22. The van der Waals surface area contributed by atoms with Gasteiger partial charge >= 0.3 is 5.97 Å². The molecule has 7 heteroatoms. The van der Waals surface area contributed by atoms with Crippen molar-refractivity contribution in [1.29, 1.82) is 0 Å². The number of nitrogens with one attached hydrogen (secondary N) is 1. The molecule has 25 heavy (non-hydrogen) atoms. The van der Waals surface area contributed by atoms with Crippen LogP contribution in [0.15, 0.2) is 23.6 Å². The second kappa shape index (κ2) is 7.23. The molecule has 0 aliphatic rings. The zero-order valence-corrected chi connectivity index (χ0v) is 16.3. The molecule has 3 aromatic rings. The highest BCUT2D eigenvalue weighted by Gasteiger charge is 2.24. The summed E-state index contributed by atoms with van der Waals surface area (Å²) in [6, 6.07) is 5.77. The van der Waals surface area contributed by atoms with Gasteiger partial charge in [0.05, 0.1) is 22.9 Å². The van der Waals surface area contributed by atoms with Crippen LogP contribution in [0.2, 0.25) is 5.02 Å². The van der Waals surface area contributed by atoms with Crippen LogP contribution in [0.5, 0.6) is 0 Å². The molecule has 2 aromatic heterocycles. The van der Waals surface area contributed by atoms with E-state index in [9.17, 15) is 9.59 Å². The van der Waals surface area contributed by atoms with Gasteiger partial charge in [0.15, 0.2) is 5.78 Å². The van der Waals surface area contributed by atoms with Crippen molar-refractivity contribution < 1.29 is 14.3 Å². The van der Waals surface area contributed by atoms with Gasteiger partial charge in [0.25, 0.3) is 0 Å². The summed E-state index contributed by atoms with van der Waals surface area (Å²) in [6.07, 6.45) is 2.02. The zero-order valence-electron chi connectivity index (χ0n) is 13.9. The number of aromatic amines is 1. The Labute approximate surface area is 158 Å². The summed E-state index contributed by atoms with van der Waals surface area (Å²) in [5, 5.41) is 2.46. The van der Waals surface area contributed by atoms with Crippen LogP contribution in [0.1, 0.15) is 33.3 Å². The van der Waals surface area contributed by atoms with Crippen LogP contribution in [0.25, 0.3) is 21.3 Å². The Balaban J connectivity index is 2.25. The topological polar surface area (TPSA) is 59.2 Å². The van der Waals surface area contributed by atoms with Crippen molar-refractivity contribution in [2.45, 2.75) is 12.7 Å². The van der Waals surface area contributed by atoms with Crippen molar-refractivity contribution in [3.05, 3.63) is 45.4 Å². The summed E-state index contributed by atoms with van der Waals surface area (Å²) >= 11 is 9.53. The van der Waals surface area contributed by atoms with Crippen LogP contribution in [0, 0.1) is 0 Å². The van der Waals surface area contributed by atoms with Crippen LogP contribution in [0.4, 0.5) is 0 Å². The smallest absolute Gasteiger partial charge is 0.355 e. The molecule has 0 spiro atoms. The fraction of sp³-hybridized carbons (Fsp3) is 0.222. The third-order valence-corrected chi connectivity index (χ3v) is 5.88. The molecule has 1 aromatic carbocycles. The lowest BCUT2D eigenvalue weighted by molar-refractivity contribution is 0.0596. The highest BCUT2D eigenvalue weighted by Crippen LogP contribution is 2.40. The lowest BCUT2D eigenvalue weighted by Gasteiger charge is -2.07. The number of ketones is 1. The number of H-pyrrole nitrogens is 1. The number of esters is 1. The van der Waals surface area contributed by atoms with E-state index in [1.165, 1.54) is 25.4 Å². The van der Waals surface area contributed by atoms with Crippen molar-refractivity contribution in [2.24, 2.45) is 0 Å². The molecule has 0 saturated heterocycles. The maximum atomic E-state index is 12.2. The normalized spacial score (nSPS) is 11.0. The van der Waals surface area contributed by atoms with E-state index in [1.54, 1.807) is 17.1 Å². The molecule has 0 unspecified atom stereocenters. The number of thiophene rings is 1. The molecule has 1 N–H and O–H groups in total.